The number of unbranched alkanes of at least 4 members (excludes halogenated alkanes) is 21. The first-order chi connectivity index (χ1) is 25.5. The molecular weight excluding hydrogens is 689 g/mol. The monoisotopic (exact) mass is 772 g/mol. The van der Waals surface area contributed by atoms with Crippen LogP contribution in [0.4, 0.5) is 0 Å². The molecule has 0 aliphatic rings. The molecule has 0 bridgehead atoms. The van der Waals surface area contributed by atoms with E-state index in [4.69, 9.17) is 18.5 Å². The molecule has 53 heavy (non-hydrogen) atoms. The van der Waals surface area contributed by atoms with Gasteiger partial charge in [0.25, 0.3) is 7.82 Å². The van der Waals surface area contributed by atoms with Crippen LogP contribution in [0.1, 0.15) is 187 Å². The Balaban J connectivity index is 4.37. The Morgan fingerprint density at radius 3 is 1.55 bits per heavy atom. The van der Waals surface area contributed by atoms with Crippen molar-refractivity contribution in [3.8, 4) is 0 Å². The molecule has 0 amide bonds. The van der Waals surface area contributed by atoms with Crippen LogP contribution in [-0.4, -0.2) is 70.0 Å². The summed E-state index contributed by atoms with van der Waals surface area (Å²) in [7, 11) is 1.16. The third-order valence-electron chi connectivity index (χ3n) is 9.22. The minimum atomic E-state index is -4.62. The highest BCUT2D eigenvalue weighted by Gasteiger charge is 2.21. The minimum Gasteiger partial charge on any atom is -0.756 e. The number of carbonyl (C=O) groups is 2. The summed E-state index contributed by atoms with van der Waals surface area (Å²) in [6, 6.07) is 0. The lowest BCUT2D eigenvalue weighted by atomic mass is 10.0. The van der Waals surface area contributed by atoms with Gasteiger partial charge in [-0.2, -0.15) is 0 Å². The van der Waals surface area contributed by atoms with E-state index in [1.807, 2.05) is 21.1 Å². The minimum absolute atomic E-state index is 0.0320. The maximum Gasteiger partial charge on any atom is 0.306 e. The molecular formula is C43H82NO8P. The van der Waals surface area contributed by atoms with Gasteiger partial charge in [-0.1, -0.05) is 160 Å². The van der Waals surface area contributed by atoms with Crippen LogP contribution in [0.3, 0.4) is 0 Å². The normalized spacial score (nSPS) is 13.8. The maximum absolute atomic E-state index is 12.6. The second kappa shape index (κ2) is 36.1. The summed E-state index contributed by atoms with van der Waals surface area (Å²) in [5.41, 5.74) is 0. The zero-order valence-electron chi connectivity index (χ0n) is 35.0. The summed E-state index contributed by atoms with van der Waals surface area (Å²) in [6.45, 7) is 4.18. The predicted octanol–water partition coefficient (Wildman–Crippen LogP) is 11.3. The molecule has 10 heteroatoms. The van der Waals surface area contributed by atoms with Crippen LogP contribution in [0, 0.1) is 0 Å². The molecule has 0 saturated heterocycles. The van der Waals surface area contributed by atoms with E-state index in [9.17, 15) is 19.0 Å². The molecule has 0 aromatic rings. The summed E-state index contributed by atoms with van der Waals surface area (Å²) in [6.07, 6.45) is 37.7. The van der Waals surface area contributed by atoms with Crippen LogP contribution in [0.25, 0.3) is 0 Å². The van der Waals surface area contributed by atoms with E-state index in [0.29, 0.717) is 17.4 Å². The Morgan fingerprint density at radius 2 is 1.04 bits per heavy atom. The van der Waals surface area contributed by atoms with Crippen molar-refractivity contribution in [2.24, 2.45) is 0 Å². The number of hydrogen-bond acceptors (Lipinski definition) is 8. The molecule has 0 radical (unpaired) electrons. The SMILES string of the molecule is CCCC/C=C/C/C=C/CCCCCCCC(=O)O[C@H](COC(=O)CCCCCCCCCCCCCCCCC)COP(=O)([O-])OCC[N+](C)(C)C. The molecule has 0 fully saturated rings. The fraction of sp³-hybridized carbons (Fsp3) is 0.860. The Morgan fingerprint density at radius 1 is 0.585 bits per heavy atom. The number of rotatable bonds is 39. The molecule has 9 nitrogen and oxygen atoms in total. The van der Waals surface area contributed by atoms with Crippen molar-refractivity contribution in [2.45, 2.75) is 193 Å². The summed E-state index contributed by atoms with van der Waals surface area (Å²) < 4.78 is 33.8. The number of phosphoric ester groups is 1. The summed E-state index contributed by atoms with van der Waals surface area (Å²) >= 11 is 0. The molecule has 0 heterocycles. The van der Waals surface area contributed by atoms with Crippen molar-refractivity contribution in [2.75, 3.05) is 47.5 Å². The smallest absolute Gasteiger partial charge is 0.306 e. The van der Waals surface area contributed by atoms with E-state index in [0.717, 1.165) is 64.2 Å². The Hall–Kier alpha value is -1.51. The lowest BCUT2D eigenvalue weighted by Gasteiger charge is -2.28. The topological polar surface area (TPSA) is 111 Å². The highest BCUT2D eigenvalue weighted by atomic mass is 31.2. The number of nitrogens with zero attached hydrogens (tertiary/aromatic N) is 1. The molecule has 0 spiro atoms. The van der Waals surface area contributed by atoms with Crippen molar-refractivity contribution in [3.05, 3.63) is 24.3 Å². The molecule has 0 saturated carbocycles. The first kappa shape index (κ1) is 51.5. The molecule has 0 N–H and O–H groups in total. The first-order valence-electron chi connectivity index (χ1n) is 21.5. The zero-order chi connectivity index (χ0) is 39.3. The van der Waals surface area contributed by atoms with E-state index in [2.05, 4.69) is 38.2 Å². The molecule has 0 aromatic heterocycles. The molecule has 0 rings (SSSR count). The van der Waals surface area contributed by atoms with Gasteiger partial charge in [-0.15, -0.1) is 0 Å². The van der Waals surface area contributed by atoms with Crippen LogP contribution >= 0.6 is 7.82 Å². The molecule has 312 valence electrons. The van der Waals surface area contributed by atoms with Gasteiger partial charge in [0.1, 0.15) is 19.8 Å². The molecule has 0 aromatic carbocycles. The Labute approximate surface area is 326 Å². The average Bonchev–Trinajstić information content (AvgIpc) is 3.10. The van der Waals surface area contributed by atoms with Crippen LogP contribution in [-0.2, 0) is 32.7 Å². The van der Waals surface area contributed by atoms with Crippen LogP contribution in [0.15, 0.2) is 24.3 Å². The average molecular weight is 772 g/mol. The van der Waals surface area contributed by atoms with Gasteiger partial charge in [0.05, 0.1) is 27.7 Å². The Bertz CT molecular complexity index is 964. The zero-order valence-corrected chi connectivity index (χ0v) is 35.9. The number of quaternary nitrogens is 1. The first-order valence-corrected chi connectivity index (χ1v) is 23.0. The van der Waals surface area contributed by atoms with Gasteiger partial charge < -0.3 is 27.9 Å². The van der Waals surface area contributed by atoms with Gasteiger partial charge in [-0.3, -0.25) is 14.2 Å². The van der Waals surface area contributed by atoms with Crippen molar-refractivity contribution in [1.82, 2.24) is 0 Å². The number of esters is 2. The fourth-order valence-corrected chi connectivity index (χ4v) is 6.52. The second-order valence-corrected chi connectivity index (χ2v) is 17.1. The van der Waals surface area contributed by atoms with Crippen molar-refractivity contribution >= 4 is 19.8 Å². The Kier molecular flexibility index (Phi) is 35.1. The van der Waals surface area contributed by atoms with E-state index < -0.39 is 26.5 Å². The van der Waals surface area contributed by atoms with Gasteiger partial charge in [-0.05, 0) is 38.5 Å². The van der Waals surface area contributed by atoms with Crippen molar-refractivity contribution in [3.63, 3.8) is 0 Å². The van der Waals surface area contributed by atoms with Crippen LogP contribution in [0.2, 0.25) is 0 Å². The quantitative estimate of drug-likeness (QED) is 0.0200. The third-order valence-corrected chi connectivity index (χ3v) is 10.2. The van der Waals surface area contributed by atoms with Crippen molar-refractivity contribution in [1.29, 1.82) is 0 Å². The number of likely N-dealkylation sites (N-methyl/N-ethyl adjacent to an activating group) is 1. The van der Waals surface area contributed by atoms with Crippen LogP contribution in [0.5, 0.6) is 0 Å². The van der Waals surface area contributed by atoms with Gasteiger partial charge >= 0.3 is 11.9 Å². The van der Waals surface area contributed by atoms with E-state index in [1.165, 1.54) is 89.9 Å². The number of phosphoric acid groups is 1. The predicted molar refractivity (Wildman–Crippen MR) is 218 cm³/mol. The highest BCUT2D eigenvalue weighted by Crippen LogP contribution is 2.38. The summed E-state index contributed by atoms with van der Waals surface area (Å²) in [5, 5.41) is 0. The standard InChI is InChI=1S/C43H82NO8P/c1-6-8-10-12-14-16-18-20-22-24-25-27-29-31-33-35-42(45)49-39-41(40-51-53(47,48)50-38-37-44(3,4)5)52-43(46)36-34-32-30-28-26-23-21-19-17-15-13-11-9-7-2/h13,15,19,21,41H,6-12,14,16-18,20,22-40H2,1-5H3/b15-13+,21-19+/t41-/m1/s1. The molecule has 2 atom stereocenters. The summed E-state index contributed by atoms with van der Waals surface area (Å²) in [4.78, 5) is 37.5. The van der Waals surface area contributed by atoms with Crippen LogP contribution < -0.4 is 4.89 Å². The molecule has 1 unspecified atom stereocenters. The van der Waals surface area contributed by atoms with E-state index >= 15 is 0 Å². The lowest BCUT2D eigenvalue weighted by molar-refractivity contribution is -0.870. The maximum atomic E-state index is 12.6. The second-order valence-electron chi connectivity index (χ2n) is 15.7. The number of carbonyl (C=O) groups excluding carboxylic acids is 2. The number of allylic oxidation sites excluding steroid dienone is 4. The van der Waals surface area contributed by atoms with E-state index in [-0.39, 0.29) is 32.0 Å². The van der Waals surface area contributed by atoms with Crippen molar-refractivity contribution < 1.29 is 42.1 Å². The molecule has 0 aliphatic heterocycles. The molecule has 0 aliphatic carbocycles. The highest BCUT2D eigenvalue weighted by molar-refractivity contribution is 7.45. The lowest BCUT2D eigenvalue weighted by Crippen LogP contribution is -2.37. The largest absolute Gasteiger partial charge is 0.756 e. The summed E-state index contributed by atoms with van der Waals surface area (Å²) in [5.74, 6) is -0.845. The van der Waals surface area contributed by atoms with Gasteiger partial charge in [0.15, 0.2) is 6.10 Å². The fourth-order valence-electron chi connectivity index (χ4n) is 5.79. The van der Waals surface area contributed by atoms with Gasteiger partial charge in [0.2, 0.25) is 0 Å². The number of ether oxygens (including phenoxy) is 2. The van der Waals surface area contributed by atoms with E-state index in [1.54, 1.807) is 0 Å². The van der Waals surface area contributed by atoms with Gasteiger partial charge in [-0.25, -0.2) is 0 Å². The third kappa shape index (κ3) is 40.0. The number of hydrogen-bond donors (Lipinski definition) is 0. The van der Waals surface area contributed by atoms with Gasteiger partial charge in [0, 0.05) is 12.8 Å².